The van der Waals surface area contributed by atoms with Gasteiger partial charge >= 0.3 is 0 Å². The summed E-state index contributed by atoms with van der Waals surface area (Å²) in [4.78, 5) is 13.5. The van der Waals surface area contributed by atoms with Gasteiger partial charge in [-0.3, -0.25) is 4.79 Å². The molecule has 2 fully saturated rings. The largest absolute Gasteiger partial charge is 0.381 e. The van der Waals surface area contributed by atoms with Crippen LogP contribution >= 0.6 is 11.8 Å². The van der Waals surface area contributed by atoms with E-state index < -0.39 is 0 Å². The molecule has 0 aliphatic carbocycles. The molecule has 0 aromatic carbocycles. The van der Waals surface area contributed by atoms with E-state index in [0.717, 1.165) is 50.8 Å². The van der Waals surface area contributed by atoms with Gasteiger partial charge in [-0.05, 0) is 25.7 Å². The van der Waals surface area contributed by atoms with E-state index >= 15 is 0 Å². The second kappa shape index (κ2) is 6.61. The van der Waals surface area contributed by atoms with Crippen LogP contribution in [0.3, 0.4) is 0 Å². The van der Waals surface area contributed by atoms with Gasteiger partial charge in [0.15, 0.2) is 0 Å². The first-order valence-corrected chi connectivity index (χ1v) is 7.45. The number of hydrogen-bond acceptors (Lipinski definition) is 4. The molecule has 0 aromatic heterocycles. The number of nitrogens with two attached hydrogens (primary N) is 1. The molecule has 0 saturated carbocycles. The first-order chi connectivity index (χ1) is 8.29. The third kappa shape index (κ3) is 3.86. The number of piperidine rings is 1. The fraction of sp³-hybridized carbons (Fsp3) is 0.917. The molecule has 2 aliphatic heterocycles. The van der Waals surface area contributed by atoms with Crippen molar-refractivity contribution in [3.05, 3.63) is 0 Å². The first-order valence-electron chi connectivity index (χ1n) is 6.50. The van der Waals surface area contributed by atoms with Crippen LogP contribution in [0.4, 0.5) is 0 Å². The van der Waals surface area contributed by atoms with Crippen LogP contribution < -0.4 is 5.73 Å². The minimum Gasteiger partial charge on any atom is -0.381 e. The Hall–Kier alpha value is -0.260. The highest BCUT2D eigenvalue weighted by molar-refractivity contribution is 8.00. The molecule has 1 atom stereocenters. The van der Waals surface area contributed by atoms with E-state index in [2.05, 4.69) is 11.8 Å². The Kier molecular flexibility index (Phi) is 5.13. The standard InChI is InChI=1S/C12H22N2O2S/c13-8-12(15)14-5-1-2-11(9-14)17-10-3-6-16-7-4-10/h10-11H,1-9,13H2. The number of thioether (sulfide) groups is 1. The van der Waals surface area contributed by atoms with Gasteiger partial charge in [0.2, 0.25) is 5.91 Å². The van der Waals surface area contributed by atoms with Crippen molar-refractivity contribution in [1.29, 1.82) is 0 Å². The number of rotatable bonds is 3. The molecule has 17 heavy (non-hydrogen) atoms. The molecule has 4 nitrogen and oxygen atoms in total. The highest BCUT2D eigenvalue weighted by Gasteiger charge is 2.26. The summed E-state index contributed by atoms with van der Waals surface area (Å²) in [5.41, 5.74) is 5.42. The lowest BCUT2D eigenvalue weighted by Gasteiger charge is -2.34. The van der Waals surface area contributed by atoms with Crippen LogP contribution in [0.25, 0.3) is 0 Å². The molecule has 2 saturated heterocycles. The lowest BCUT2D eigenvalue weighted by molar-refractivity contribution is -0.130. The van der Waals surface area contributed by atoms with Crippen LogP contribution in [-0.4, -0.2) is 54.2 Å². The van der Waals surface area contributed by atoms with E-state index in [9.17, 15) is 4.79 Å². The average molecular weight is 258 g/mol. The molecular formula is C12H22N2O2S. The van der Waals surface area contributed by atoms with E-state index in [1.54, 1.807) is 0 Å². The van der Waals surface area contributed by atoms with E-state index in [1.165, 1.54) is 6.42 Å². The summed E-state index contributed by atoms with van der Waals surface area (Å²) in [6.45, 7) is 3.72. The Labute approximate surface area is 107 Å². The highest BCUT2D eigenvalue weighted by atomic mass is 32.2. The van der Waals surface area contributed by atoms with Gasteiger partial charge in [0, 0.05) is 36.8 Å². The summed E-state index contributed by atoms with van der Waals surface area (Å²) in [5, 5.41) is 1.32. The van der Waals surface area contributed by atoms with E-state index in [1.807, 2.05) is 4.90 Å². The van der Waals surface area contributed by atoms with Crippen molar-refractivity contribution in [2.75, 3.05) is 32.8 Å². The molecule has 0 bridgehead atoms. The predicted molar refractivity (Wildman–Crippen MR) is 70.1 cm³/mol. The maximum Gasteiger partial charge on any atom is 0.236 e. The van der Waals surface area contributed by atoms with Gasteiger partial charge in [0.25, 0.3) is 0 Å². The lowest BCUT2D eigenvalue weighted by atomic mass is 10.1. The minimum absolute atomic E-state index is 0.0993. The number of carbonyl (C=O) groups excluding carboxylic acids is 1. The van der Waals surface area contributed by atoms with Crippen LogP contribution in [0.2, 0.25) is 0 Å². The van der Waals surface area contributed by atoms with Crippen molar-refractivity contribution in [1.82, 2.24) is 4.90 Å². The van der Waals surface area contributed by atoms with Crippen LogP contribution in [0, 0.1) is 0 Å². The van der Waals surface area contributed by atoms with Crippen LogP contribution in [0.5, 0.6) is 0 Å². The van der Waals surface area contributed by atoms with Gasteiger partial charge in [-0.15, -0.1) is 0 Å². The Morgan fingerprint density at radius 3 is 2.76 bits per heavy atom. The summed E-state index contributed by atoms with van der Waals surface area (Å²) in [7, 11) is 0. The molecule has 98 valence electrons. The SMILES string of the molecule is NCC(=O)N1CCCC(SC2CCOCC2)C1. The number of likely N-dealkylation sites (tertiary alicyclic amines) is 1. The van der Waals surface area contributed by atoms with E-state index in [4.69, 9.17) is 10.5 Å². The molecule has 2 N–H and O–H groups in total. The third-order valence-corrected chi connectivity index (χ3v) is 5.08. The average Bonchev–Trinajstić information content (AvgIpc) is 2.39. The predicted octanol–water partition coefficient (Wildman–Crippen LogP) is 0.848. The number of carbonyl (C=O) groups is 1. The smallest absolute Gasteiger partial charge is 0.236 e. The molecule has 5 heteroatoms. The highest BCUT2D eigenvalue weighted by Crippen LogP contribution is 2.31. The summed E-state index contributed by atoms with van der Waals surface area (Å²) in [5.74, 6) is 0.0993. The Morgan fingerprint density at radius 1 is 1.29 bits per heavy atom. The number of nitrogens with zero attached hydrogens (tertiary/aromatic N) is 1. The summed E-state index contributed by atoms with van der Waals surface area (Å²) < 4.78 is 5.37. The summed E-state index contributed by atoms with van der Waals surface area (Å²) >= 11 is 2.06. The van der Waals surface area contributed by atoms with Gasteiger partial charge < -0.3 is 15.4 Å². The quantitative estimate of drug-likeness (QED) is 0.815. The molecule has 1 amide bonds. The van der Waals surface area contributed by atoms with Gasteiger partial charge in [-0.2, -0.15) is 11.8 Å². The second-order valence-corrected chi connectivity index (χ2v) is 6.36. The fourth-order valence-corrected chi connectivity index (χ4v) is 4.07. The second-order valence-electron chi connectivity index (χ2n) is 4.76. The number of amides is 1. The minimum atomic E-state index is 0.0993. The molecule has 0 aromatic rings. The number of hydrogen-bond donors (Lipinski definition) is 1. The number of ether oxygens (including phenoxy) is 1. The van der Waals surface area contributed by atoms with Crippen LogP contribution in [-0.2, 0) is 9.53 Å². The summed E-state index contributed by atoms with van der Waals surface area (Å²) in [6.07, 6.45) is 4.67. The van der Waals surface area contributed by atoms with Crippen LogP contribution in [0.15, 0.2) is 0 Å². The van der Waals surface area contributed by atoms with Gasteiger partial charge in [0.1, 0.15) is 0 Å². The van der Waals surface area contributed by atoms with Crippen molar-refractivity contribution in [2.24, 2.45) is 5.73 Å². The monoisotopic (exact) mass is 258 g/mol. The topological polar surface area (TPSA) is 55.6 Å². The van der Waals surface area contributed by atoms with E-state index in [0.29, 0.717) is 5.25 Å². The van der Waals surface area contributed by atoms with Crippen molar-refractivity contribution in [3.63, 3.8) is 0 Å². The van der Waals surface area contributed by atoms with E-state index in [-0.39, 0.29) is 12.5 Å². The zero-order chi connectivity index (χ0) is 12.1. The molecule has 1 unspecified atom stereocenters. The summed E-state index contributed by atoms with van der Waals surface area (Å²) in [6, 6.07) is 0. The molecule has 2 rings (SSSR count). The van der Waals surface area contributed by atoms with Gasteiger partial charge in [0.05, 0.1) is 6.54 Å². The maximum absolute atomic E-state index is 11.6. The molecule has 0 spiro atoms. The van der Waals surface area contributed by atoms with Crippen molar-refractivity contribution < 1.29 is 9.53 Å². The molecule has 0 radical (unpaired) electrons. The Bertz CT molecular complexity index is 257. The van der Waals surface area contributed by atoms with Crippen molar-refractivity contribution in [3.8, 4) is 0 Å². The molecule has 2 heterocycles. The Morgan fingerprint density at radius 2 is 2.06 bits per heavy atom. The Balaban J connectivity index is 1.78. The third-order valence-electron chi connectivity index (χ3n) is 3.46. The molecule has 2 aliphatic rings. The van der Waals surface area contributed by atoms with Crippen molar-refractivity contribution in [2.45, 2.75) is 36.2 Å². The fourth-order valence-electron chi connectivity index (χ4n) is 2.49. The zero-order valence-corrected chi connectivity index (χ0v) is 11.1. The van der Waals surface area contributed by atoms with Crippen molar-refractivity contribution >= 4 is 17.7 Å². The van der Waals surface area contributed by atoms with Gasteiger partial charge in [-0.25, -0.2) is 0 Å². The first kappa shape index (κ1) is 13.2. The van der Waals surface area contributed by atoms with Gasteiger partial charge in [-0.1, -0.05) is 0 Å². The molecular weight excluding hydrogens is 236 g/mol. The zero-order valence-electron chi connectivity index (χ0n) is 10.3. The lowest BCUT2D eigenvalue weighted by Crippen LogP contribution is -2.44. The van der Waals surface area contributed by atoms with Crippen LogP contribution in [0.1, 0.15) is 25.7 Å². The maximum atomic E-state index is 11.6. The normalized spacial score (nSPS) is 27.1.